The van der Waals surface area contributed by atoms with Crippen LogP contribution in [0, 0.1) is 0 Å². The van der Waals surface area contributed by atoms with E-state index in [0.29, 0.717) is 17.4 Å². The van der Waals surface area contributed by atoms with Crippen molar-refractivity contribution in [1.82, 2.24) is 5.32 Å². The highest BCUT2D eigenvalue weighted by Crippen LogP contribution is 2.31. The molecule has 0 saturated carbocycles. The number of hydrogen-bond acceptors (Lipinski definition) is 6. The number of ether oxygens (including phenoxy) is 1. The van der Waals surface area contributed by atoms with E-state index >= 15 is 0 Å². The SMILES string of the molecule is CCNC(=O)CSC1=N/C(=C\c2ccc(N(C)C)cc2)C(=O)N1c1ccc(OC(F)F)cc1. The van der Waals surface area contributed by atoms with Crippen molar-refractivity contribution in [2.24, 2.45) is 4.99 Å². The highest BCUT2D eigenvalue weighted by Gasteiger charge is 2.32. The van der Waals surface area contributed by atoms with E-state index in [1.807, 2.05) is 50.2 Å². The van der Waals surface area contributed by atoms with Crippen LogP contribution in [0.4, 0.5) is 20.2 Å². The first kappa shape index (κ1) is 24.2. The van der Waals surface area contributed by atoms with Gasteiger partial charge in [0.25, 0.3) is 5.91 Å². The predicted molar refractivity (Wildman–Crippen MR) is 128 cm³/mol. The molecule has 2 aromatic rings. The third-order valence-electron chi connectivity index (χ3n) is 4.57. The van der Waals surface area contributed by atoms with Gasteiger partial charge in [-0.15, -0.1) is 0 Å². The van der Waals surface area contributed by atoms with Crippen molar-refractivity contribution < 1.29 is 23.1 Å². The van der Waals surface area contributed by atoms with Crippen molar-refractivity contribution in [3.8, 4) is 5.75 Å². The smallest absolute Gasteiger partial charge is 0.387 e. The molecule has 0 aromatic heterocycles. The topological polar surface area (TPSA) is 74.2 Å². The van der Waals surface area contributed by atoms with E-state index in [2.05, 4.69) is 15.0 Å². The Morgan fingerprint density at radius 1 is 1.18 bits per heavy atom. The molecule has 2 amide bonds. The number of benzene rings is 2. The lowest BCUT2D eigenvalue weighted by atomic mass is 10.1. The van der Waals surface area contributed by atoms with Crippen LogP contribution in [0.1, 0.15) is 12.5 Å². The fourth-order valence-electron chi connectivity index (χ4n) is 3.00. The van der Waals surface area contributed by atoms with Gasteiger partial charge < -0.3 is 15.0 Å². The van der Waals surface area contributed by atoms with Gasteiger partial charge in [0.2, 0.25) is 5.91 Å². The average molecular weight is 475 g/mol. The monoisotopic (exact) mass is 474 g/mol. The summed E-state index contributed by atoms with van der Waals surface area (Å²) < 4.78 is 29.3. The van der Waals surface area contributed by atoms with Crippen LogP contribution in [-0.2, 0) is 9.59 Å². The van der Waals surface area contributed by atoms with E-state index in [9.17, 15) is 18.4 Å². The quantitative estimate of drug-likeness (QED) is 0.586. The summed E-state index contributed by atoms with van der Waals surface area (Å²) in [7, 11) is 3.87. The highest BCUT2D eigenvalue weighted by atomic mass is 32.2. The number of alkyl halides is 2. The van der Waals surface area contributed by atoms with Gasteiger partial charge in [0.1, 0.15) is 11.4 Å². The molecule has 1 aliphatic heterocycles. The Labute approximate surface area is 195 Å². The van der Waals surface area contributed by atoms with Crippen LogP contribution < -0.4 is 19.9 Å². The number of nitrogens with zero attached hydrogens (tertiary/aromatic N) is 3. The number of carbonyl (C=O) groups is 2. The largest absolute Gasteiger partial charge is 0.435 e. The maximum atomic E-state index is 13.2. The lowest BCUT2D eigenvalue weighted by Crippen LogP contribution is -2.32. The summed E-state index contributed by atoms with van der Waals surface area (Å²) in [5.74, 6) is -0.512. The first-order valence-corrected chi connectivity index (χ1v) is 11.1. The molecule has 0 saturated heterocycles. The molecule has 2 aromatic carbocycles. The second-order valence-electron chi connectivity index (χ2n) is 7.17. The maximum Gasteiger partial charge on any atom is 0.387 e. The van der Waals surface area contributed by atoms with Gasteiger partial charge in [-0.05, 0) is 55.0 Å². The highest BCUT2D eigenvalue weighted by molar-refractivity contribution is 8.14. The van der Waals surface area contributed by atoms with Crippen LogP contribution in [0.15, 0.2) is 59.2 Å². The van der Waals surface area contributed by atoms with Gasteiger partial charge in [0, 0.05) is 26.3 Å². The van der Waals surface area contributed by atoms with E-state index in [4.69, 9.17) is 0 Å². The lowest BCUT2D eigenvalue weighted by Gasteiger charge is -2.18. The summed E-state index contributed by atoms with van der Waals surface area (Å²) in [5, 5.41) is 3.03. The van der Waals surface area contributed by atoms with Crippen LogP contribution in [-0.4, -0.2) is 50.0 Å². The van der Waals surface area contributed by atoms with Crippen molar-refractivity contribution >= 4 is 46.2 Å². The summed E-state index contributed by atoms with van der Waals surface area (Å²) >= 11 is 1.12. The summed E-state index contributed by atoms with van der Waals surface area (Å²) in [6.07, 6.45) is 1.67. The molecule has 3 rings (SSSR count). The van der Waals surface area contributed by atoms with Gasteiger partial charge in [0.15, 0.2) is 5.17 Å². The minimum Gasteiger partial charge on any atom is -0.435 e. The van der Waals surface area contributed by atoms with Crippen LogP contribution in [0.5, 0.6) is 5.75 Å². The van der Waals surface area contributed by atoms with Crippen LogP contribution in [0.2, 0.25) is 0 Å². The Kier molecular flexibility index (Phi) is 8.05. The summed E-state index contributed by atoms with van der Waals surface area (Å²) in [5.41, 5.74) is 2.45. The molecule has 0 unspecified atom stereocenters. The number of amides is 2. The second kappa shape index (κ2) is 11.0. The van der Waals surface area contributed by atoms with Crippen molar-refractivity contribution in [1.29, 1.82) is 0 Å². The molecular formula is C23H24F2N4O3S. The van der Waals surface area contributed by atoms with Crippen LogP contribution in [0.25, 0.3) is 6.08 Å². The molecule has 1 N–H and O–H groups in total. The zero-order chi connectivity index (χ0) is 24.0. The van der Waals surface area contributed by atoms with E-state index in [-0.39, 0.29) is 29.0 Å². The first-order valence-electron chi connectivity index (χ1n) is 10.1. The molecule has 0 radical (unpaired) electrons. The molecule has 0 spiro atoms. The minimum absolute atomic E-state index is 0.0226. The zero-order valence-corrected chi connectivity index (χ0v) is 19.2. The normalized spacial score (nSPS) is 14.6. The van der Waals surface area contributed by atoms with Crippen molar-refractivity contribution in [3.63, 3.8) is 0 Å². The van der Waals surface area contributed by atoms with Crippen molar-refractivity contribution in [2.45, 2.75) is 13.5 Å². The Bertz CT molecular complexity index is 1050. The Morgan fingerprint density at radius 3 is 2.42 bits per heavy atom. The van der Waals surface area contributed by atoms with Gasteiger partial charge in [0.05, 0.1) is 11.4 Å². The Balaban J connectivity index is 1.89. The summed E-state index contributed by atoms with van der Waals surface area (Å²) in [6, 6.07) is 13.3. The third-order valence-corrected chi connectivity index (χ3v) is 5.51. The first-order chi connectivity index (χ1) is 15.8. The predicted octanol–water partition coefficient (Wildman–Crippen LogP) is 3.97. The van der Waals surface area contributed by atoms with Crippen molar-refractivity contribution in [2.75, 3.05) is 36.2 Å². The number of thioether (sulfide) groups is 1. The molecule has 1 aliphatic rings. The van der Waals surface area contributed by atoms with E-state index in [1.165, 1.54) is 29.2 Å². The van der Waals surface area contributed by atoms with Crippen LogP contribution in [0.3, 0.4) is 0 Å². The maximum absolute atomic E-state index is 13.2. The molecule has 0 fully saturated rings. The van der Waals surface area contributed by atoms with E-state index < -0.39 is 6.61 Å². The second-order valence-corrected chi connectivity index (χ2v) is 8.11. The molecule has 174 valence electrons. The summed E-state index contributed by atoms with van der Waals surface area (Å²) in [6.45, 7) is -0.632. The van der Waals surface area contributed by atoms with Gasteiger partial charge in [-0.25, -0.2) is 4.99 Å². The number of rotatable bonds is 8. The fourth-order valence-corrected chi connectivity index (χ4v) is 3.84. The number of halogens is 2. The molecular weight excluding hydrogens is 450 g/mol. The number of amidine groups is 1. The molecule has 1 heterocycles. The lowest BCUT2D eigenvalue weighted by molar-refractivity contribution is -0.118. The number of aliphatic imine (C=N–C) groups is 1. The van der Waals surface area contributed by atoms with Gasteiger partial charge in [-0.2, -0.15) is 8.78 Å². The Hall–Kier alpha value is -3.40. The molecule has 33 heavy (non-hydrogen) atoms. The molecule has 7 nitrogen and oxygen atoms in total. The van der Waals surface area contributed by atoms with Crippen molar-refractivity contribution in [3.05, 3.63) is 59.8 Å². The molecule has 10 heteroatoms. The number of carbonyl (C=O) groups excluding carboxylic acids is 2. The molecule has 0 atom stereocenters. The average Bonchev–Trinajstić information content (AvgIpc) is 3.08. The van der Waals surface area contributed by atoms with Gasteiger partial charge in [-0.3, -0.25) is 14.5 Å². The number of nitrogens with one attached hydrogen (secondary N) is 1. The van der Waals surface area contributed by atoms with Gasteiger partial charge >= 0.3 is 6.61 Å². The number of hydrogen-bond donors (Lipinski definition) is 1. The van der Waals surface area contributed by atoms with E-state index in [1.54, 1.807) is 6.08 Å². The molecule has 0 bridgehead atoms. The van der Waals surface area contributed by atoms with Gasteiger partial charge in [-0.1, -0.05) is 23.9 Å². The standard InChI is InChI=1S/C23H24F2N4O3S/c1-4-26-20(30)14-33-23-27-19(13-15-5-7-16(8-6-15)28(2)3)21(31)29(23)17-9-11-18(12-10-17)32-22(24)25/h5-13,22H,4,14H2,1-3H3,(H,26,30)/b19-13-. The van der Waals surface area contributed by atoms with E-state index in [0.717, 1.165) is 23.0 Å². The fraction of sp³-hybridized carbons (Fsp3) is 0.261. The molecule has 0 aliphatic carbocycles. The number of anilines is 2. The van der Waals surface area contributed by atoms with Crippen LogP contribution >= 0.6 is 11.8 Å². The third kappa shape index (κ3) is 6.32. The minimum atomic E-state index is -2.94. The Morgan fingerprint density at radius 2 is 1.85 bits per heavy atom. The zero-order valence-electron chi connectivity index (χ0n) is 18.4. The summed E-state index contributed by atoms with van der Waals surface area (Å²) in [4.78, 5) is 32.9.